The summed E-state index contributed by atoms with van der Waals surface area (Å²) < 4.78 is 4.73. The highest BCUT2D eigenvalue weighted by Gasteiger charge is 2.13. The van der Waals surface area contributed by atoms with Crippen LogP contribution in [0.5, 0.6) is 0 Å². The van der Waals surface area contributed by atoms with E-state index >= 15 is 0 Å². The molecule has 0 aliphatic heterocycles. The summed E-state index contributed by atoms with van der Waals surface area (Å²) in [4.78, 5) is 33.9. The first-order valence-electron chi connectivity index (χ1n) is 5.74. The second-order valence-corrected chi connectivity index (χ2v) is 4.13. The van der Waals surface area contributed by atoms with E-state index in [4.69, 9.17) is 22.1 Å². The predicted molar refractivity (Wildman–Crippen MR) is 73.4 cm³/mol. The van der Waals surface area contributed by atoms with Crippen molar-refractivity contribution in [2.24, 2.45) is 0 Å². The van der Waals surface area contributed by atoms with Crippen LogP contribution in [0.2, 0.25) is 5.02 Å². The molecule has 1 rings (SSSR count). The molecule has 0 spiro atoms. The van der Waals surface area contributed by atoms with Gasteiger partial charge in [0, 0.05) is 6.54 Å². The van der Waals surface area contributed by atoms with Gasteiger partial charge in [-0.15, -0.1) is 0 Å². The largest absolute Gasteiger partial charge is 0.452 e. The van der Waals surface area contributed by atoms with E-state index in [0.717, 1.165) is 0 Å². The zero-order chi connectivity index (χ0) is 15.1. The van der Waals surface area contributed by atoms with Crippen LogP contribution in [0, 0.1) is 0 Å². The van der Waals surface area contributed by atoms with E-state index in [2.05, 4.69) is 5.32 Å². The van der Waals surface area contributed by atoms with Crippen molar-refractivity contribution < 1.29 is 19.1 Å². The van der Waals surface area contributed by atoms with Gasteiger partial charge in [-0.25, -0.2) is 9.59 Å². The molecule has 0 heterocycles. The van der Waals surface area contributed by atoms with Crippen molar-refractivity contribution in [1.29, 1.82) is 0 Å². The number of nitrogen functional groups attached to an aromatic ring is 1. The second kappa shape index (κ2) is 7.34. The maximum Gasteiger partial charge on any atom is 0.338 e. The molecule has 4 N–H and O–H groups in total. The lowest BCUT2D eigenvalue weighted by Gasteiger charge is -2.07. The highest BCUT2D eigenvalue weighted by molar-refractivity contribution is 6.33. The summed E-state index contributed by atoms with van der Waals surface area (Å²) >= 11 is 5.71. The minimum Gasteiger partial charge on any atom is -0.452 e. The lowest BCUT2D eigenvalue weighted by atomic mass is 10.2. The Morgan fingerprint density at radius 3 is 2.65 bits per heavy atom. The average molecular weight is 300 g/mol. The molecular formula is C12H14ClN3O4. The monoisotopic (exact) mass is 299 g/mol. The first-order chi connectivity index (χ1) is 9.43. The van der Waals surface area contributed by atoms with Crippen molar-refractivity contribution in [2.45, 2.75) is 6.92 Å². The number of amides is 3. The Morgan fingerprint density at radius 2 is 2.05 bits per heavy atom. The Kier molecular flexibility index (Phi) is 5.79. The Bertz CT molecular complexity index is 533. The standard InChI is InChI=1S/C12H14ClN3O4/c1-2-15-12(19)16-10(17)6-20-11(18)7-3-4-8(13)9(14)5-7/h3-5H,2,6,14H2,1H3,(H2,15,16,17,19). The molecule has 1 aromatic rings. The number of halogens is 1. The maximum atomic E-state index is 11.6. The van der Waals surface area contributed by atoms with E-state index in [9.17, 15) is 14.4 Å². The highest BCUT2D eigenvalue weighted by Crippen LogP contribution is 2.19. The third-order valence-electron chi connectivity index (χ3n) is 2.16. The number of carbonyl (C=O) groups is 3. The molecule has 8 heteroatoms. The zero-order valence-electron chi connectivity index (χ0n) is 10.7. The number of imide groups is 1. The van der Waals surface area contributed by atoms with Crippen LogP contribution >= 0.6 is 11.6 Å². The molecule has 0 aliphatic rings. The lowest BCUT2D eigenvalue weighted by molar-refractivity contribution is -0.123. The first-order valence-corrected chi connectivity index (χ1v) is 6.11. The maximum absolute atomic E-state index is 11.6. The first kappa shape index (κ1) is 15.8. The summed E-state index contributed by atoms with van der Waals surface area (Å²) in [6.07, 6.45) is 0. The molecule has 20 heavy (non-hydrogen) atoms. The number of esters is 1. The van der Waals surface area contributed by atoms with Crippen molar-refractivity contribution >= 4 is 35.2 Å². The van der Waals surface area contributed by atoms with Crippen molar-refractivity contribution in [3.63, 3.8) is 0 Å². The highest BCUT2D eigenvalue weighted by atomic mass is 35.5. The summed E-state index contributed by atoms with van der Waals surface area (Å²) in [5.74, 6) is -1.47. The van der Waals surface area contributed by atoms with E-state index in [1.165, 1.54) is 18.2 Å². The fourth-order valence-electron chi connectivity index (χ4n) is 1.25. The number of nitrogens with two attached hydrogens (primary N) is 1. The fraction of sp³-hybridized carbons (Fsp3) is 0.250. The summed E-state index contributed by atoms with van der Waals surface area (Å²) in [6.45, 7) is 1.51. The van der Waals surface area contributed by atoms with E-state index in [0.29, 0.717) is 11.6 Å². The van der Waals surface area contributed by atoms with E-state index in [1.54, 1.807) is 6.92 Å². The van der Waals surface area contributed by atoms with Gasteiger partial charge in [-0.2, -0.15) is 0 Å². The smallest absolute Gasteiger partial charge is 0.338 e. The molecule has 7 nitrogen and oxygen atoms in total. The van der Waals surface area contributed by atoms with Crippen LogP contribution in [0.15, 0.2) is 18.2 Å². The van der Waals surface area contributed by atoms with Crippen molar-refractivity contribution in [2.75, 3.05) is 18.9 Å². The Hall–Kier alpha value is -2.28. The van der Waals surface area contributed by atoms with Gasteiger partial charge >= 0.3 is 12.0 Å². The van der Waals surface area contributed by atoms with Gasteiger partial charge < -0.3 is 15.8 Å². The summed E-state index contributed by atoms with van der Waals surface area (Å²) in [5.41, 5.74) is 5.94. The number of hydrogen-bond acceptors (Lipinski definition) is 5. The van der Waals surface area contributed by atoms with Crippen LogP contribution < -0.4 is 16.4 Å². The summed E-state index contributed by atoms with van der Waals surface area (Å²) in [7, 11) is 0. The normalized spacial score (nSPS) is 9.70. The van der Waals surface area contributed by atoms with Gasteiger partial charge in [0.25, 0.3) is 5.91 Å². The molecule has 108 valence electrons. The Balaban J connectivity index is 2.48. The van der Waals surface area contributed by atoms with Crippen molar-refractivity contribution in [3.8, 4) is 0 Å². The number of urea groups is 1. The minimum atomic E-state index is -0.737. The second-order valence-electron chi connectivity index (χ2n) is 3.72. The molecule has 0 fully saturated rings. The van der Waals surface area contributed by atoms with Gasteiger partial charge in [0.05, 0.1) is 16.3 Å². The molecular weight excluding hydrogens is 286 g/mol. The zero-order valence-corrected chi connectivity index (χ0v) is 11.5. The number of anilines is 1. The topological polar surface area (TPSA) is 111 Å². The fourth-order valence-corrected chi connectivity index (χ4v) is 1.37. The number of hydrogen-bond donors (Lipinski definition) is 3. The Morgan fingerprint density at radius 1 is 1.35 bits per heavy atom. The van der Waals surface area contributed by atoms with Gasteiger partial charge in [0.15, 0.2) is 6.61 Å². The average Bonchev–Trinajstić information content (AvgIpc) is 2.39. The van der Waals surface area contributed by atoms with Crippen LogP contribution in [0.4, 0.5) is 10.5 Å². The number of rotatable bonds is 4. The third-order valence-corrected chi connectivity index (χ3v) is 2.50. The molecule has 0 aromatic heterocycles. The third kappa shape index (κ3) is 4.77. The van der Waals surface area contributed by atoms with Crippen molar-refractivity contribution in [1.82, 2.24) is 10.6 Å². The molecule has 3 amide bonds. The van der Waals surface area contributed by atoms with E-state index < -0.39 is 24.5 Å². The predicted octanol–water partition coefficient (Wildman–Crippen LogP) is 0.925. The van der Waals surface area contributed by atoms with Gasteiger partial charge in [0.1, 0.15) is 0 Å². The van der Waals surface area contributed by atoms with Crippen LogP contribution in [0.3, 0.4) is 0 Å². The van der Waals surface area contributed by atoms with Gasteiger partial charge in [-0.3, -0.25) is 10.1 Å². The summed E-state index contributed by atoms with van der Waals surface area (Å²) in [5, 5.41) is 4.68. The van der Waals surface area contributed by atoms with E-state index in [1.807, 2.05) is 5.32 Å². The van der Waals surface area contributed by atoms with Crippen molar-refractivity contribution in [3.05, 3.63) is 28.8 Å². The molecule has 0 unspecified atom stereocenters. The molecule has 0 saturated heterocycles. The van der Waals surface area contributed by atoms with E-state index in [-0.39, 0.29) is 11.3 Å². The number of ether oxygens (including phenoxy) is 1. The number of nitrogens with one attached hydrogen (secondary N) is 2. The SMILES string of the molecule is CCNC(=O)NC(=O)COC(=O)c1ccc(Cl)c(N)c1. The molecule has 0 atom stereocenters. The number of benzene rings is 1. The van der Waals surface area contributed by atoms with Crippen LogP contribution in [-0.2, 0) is 9.53 Å². The van der Waals surface area contributed by atoms with Gasteiger partial charge in [0.2, 0.25) is 0 Å². The van der Waals surface area contributed by atoms with Crippen LogP contribution in [0.25, 0.3) is 0 Å². The van der Waals surface area contributed by atoms with Crippen LogP contribution in [0.1, 0.15) is 17.3 Å². The van der Waals surface area contributed by atoms with Gasteiger partial charge in [-0.1, -0.05) is 11.6 Å². The van der Waals surface area contributed by atoms with Crippen LogP contribution in [-0.4, -0.2) is 31.1 Å². The quantitative estimate of drug-likeness (QED) is 0.565. The molecule has 0 radical (unpaired) electrons. The molecule has 0 bridgehead atoms. The number of carbonyl (C=O) groups excluding carboxylic acids is 3. The summed E-state index contributed by atoms with van der Waals surface area (Å²) in [6, 6.07) is 3.56. The Labute approximate surface area is 120 Å². The molecule has 1 aromatic carbocycles. The molecule has 0 aliphatic carbocycles. The molecule has 0 saturated carbocycles. The van der Waals surface area contributed by atoms with Gasteiger partial charge in [-0.05, 0) is 25.1 Å². The lowest BCUT2D eigenvalue weighted by Crippen LogP contribution is -2.41. The minimum absolute atomic E-state index is 0.165.